The molecule has 2 N–H and O–H groups in total. The van der Waals surface area contributed by atoms with Gasteiger partial charge in [-0.25, -0.2) is 9.67 Å². The van der Waals surface area contributed by atoms with E-state index < -0.39 is 17.0 Å². The average molecular weight is 951 g/mol. The van der Waals surface area contributed by atoms with Crippen molar-refractivity contribution in [1.29, 1.82) is 0 Å². The lowest BCUT2D eigenvalue weighted by Gasteiger charge is -2.54. The average Bonchev–Trinajstić information content (AvgIpc) is 3.90. The number of rotatable bonds is 15. The van der Waals surface area contributed by atoms with Gasteiger partial charge in [-0.05, 0) is 100 Å². The molecule has 0 spiro atoms. The summed E-state index contributed by atoms with van der Waals surface area (Å²) < 4.78 is 2.02. The molecule has 1 atom stereocenters. The Bertz CT molecular complexity index is 3230. The molecule has 3 fully saturated rings. The summed E-state index contributed by atoms with van der Waals surface area (Å²) >= 11 is 0. The highest BCUT2D eigenvalue weighted by Crippen LogP contribution is 2.54. The van der Waals surface area contributed by atoms with Crippen LogP contribution in [0.25, 0.3) is 11.2 Å². The summed E-state index contributed by atoms with van der Waals surface area (Å²) in [5, 5.41) is 18.3. The summed E-state index contributed by atoms with van der Waals surface area (Å²) in [7, 11) is 0. The second-order valence-corrected chi connectivity index (χ2v) is 20.2. The van der Waals surface area contributed by atoms with E-state index in [4.69, 9.17) is 15.3 Å². The smallest absolute Gasteiger partial charge is 0.221 e. The Balaban J connectivity index is 1.07. The van der Waals surface area contributed by atoms with Crippen molar-refractivity contribution in [2.45, 2.75) is 72.9 Å². The van der Waals surface area contributed by atoms with Gasteiger partial charge in [-0.15, -0.1) is 5.10 Å². The number of fused-ring (bicyclic) bond motifs is 4. The van der Waals surface area contributed by atoms with Gasteiger partial charge in [0.05, 0.1) is 0 Å². The molecular formula is C66H58N6O. The van der Waals surface area contributed by atoms with E-state index in [0.717, 1.165) is 83.0 Å². The van der Waals surface area contributed by atoms with Crippen molar-refractivity contribution < 1.29 is 4.79 Å². The first kappa shape index (κ1) is 45.7. The van der Waals surface area contributed by atoms with Gasteiger partial charge in [-0.3, -0.25) is 4.79 Å². The minimum absolute atomic E-state index is 0.0363. The van der Waals surface area contributed by atoms with Crippen LogP contribution in [0.3, 0.4) is 0 Å². The fourth-order valence-electron chi connectivity index (χ4n) is 12.6. The van der Waals surface area contributed by atoms with E-state index in [1.165, 1.54) is 5.56 Å². The van der Waals surface area contributed by atoms with Gasteiger partial charge in [-0.1, -0.05) is 248 Å². The van der Waals surface area contributed by atoms with Gasteiger partial charge in [0.1, 0.15) is 22.4 Å². The van der Waals surface area contributed by atoms with Crippen LogP contribution in [0.1, 0.15) is 101 Å². The van der Waals surface area contributed by atoms with E-state index in [9.17, 15) is 0 Å². The van der Waals surface area contributed by atoms with Crippen LogP contribution in [0.2, 0.25) is 0 Å². The van der Waals surface area contributed by atoms with E-state index in [-0.39, 0.29) is 23.3 Å². The molecule has 10 aromatic rings. The Morgan fingerprint density at radius 1 is 0.507 bits per heavy atom. The Hall–Kier alpha value is -8.42. The third-order valence-electron chi connectivity index (χ3n) is 16.3. The van der Waals surface area contributed by atoms with Crippen molar-refractivity contribution >= 4 is 22.9 Å². The number of hydrogen-bond acceptors (Lipinski definition) is 5. The van der Waals surface area contributed by atoms with Crippen LogP contribution in [0.15, 0.2) is 249 Å². The van der Waals surface area contributed by atoms with Gasteiger partial charge in [0.2, 0.25) is 5.91 Å². The van der Waals surface area contributed by atoms with Crippen LogP contribution in [0, 0.1) is 0 Å². The lowest BCUT2D eigenvalue weighted by Crippen LogP contribution is -2.57. The minimum Gasteiger partial charge on any atom is -0.353 e. The quantitative estimate of drug-likeness (QED) is 0.100. The summed E-state index contributed by atoms with van der Waals surface area (Å²) in [5.74, 6) is 0.236. The fourth-order valence-corrected chi connectivity index (χ4v) is 12.6. The Labute approximate surface area is 428 Å². The van der Waals surface area contributed by atoms with E-state index in [0.29, 0.717) is 17.0 Å². The lowest BCUT2D eigenvalue weighted by atomic mass is 9.55. The first-order valence-electron chi connectivity index (χ1n) is 25.8. The van der Waals surface area contributed by atoms with Crippen molar-refractivity contribution in [2.75, 3.05) is 5.32 Å². The predicted molar refractivity (Wildman–Crippen MR) is 292 cm³/mol. The molecule has 8 aromatic carbocycles. The first-order chi connectivity index (χ1) is 36.0. The second-order valence-electron chi connectivity index (χ2n) is 20.2. The number of anilines is 1. The number of pyridine rings is 1. The third-order valence-corrected chi connectivity index (χ3v) is 16.3. The number of amides is 1. The van der Waals surface area contributed by atoms with Crippen LogP contribution in [-0.4, -0.2) is 31.4 Å². The van der Waals surface area contributed by atoms with Crippen LogP contribution in [0.5, 0.6) is 0 Å². The highest BCUT2D eigenvalue weighted by atomic mass is 16.1. The summed E-state index contributed by atoms with van der Waals surface area (Å²) in [4.78, 5) is 20.9. The number of benzene rings is 8. The van der Waals surface area contributed by atoms with E-state index >= 15 is 4.79 Å². The summed E-state index contributed by atoms with van der Waals surface area (Å²) in [6.45, 7) is 0. The highest BCUT2D eigenvalue weighted by Gasteiger charge is 2.50. The number of nitrogens with zero attached hydrogens (tertiary/aromatic N) is 4. The van der Waals surface area contributed by atoms with Gasteiger partial charge in [0.15, 0.2) is 5.65 Å². The molecule has 3 saturated carbocycles. The number of hydrogen-bond donors (Lipinski definition) is 2. The van der Waals surface area contributed by atoms with Crippen LogP contribution < -0.4 is 10.6 Å². The Kier molecular flexibility index (Phi) is 12.1. The molecule has 7 heteroatoms. The molecule has 7 nitrogen and oxygen atoms in total. The largest absolute Gasteiger partial charge is 0.353 e. The molecule has 358 valence electrons. The molecule has 2 heterocycles. The molecule has 1 amide bonds. The summed E-state index contributed by atoms with van der Waals surface area (Å²) in [5.41, 5.74) is 8.67. The van der Waals surface area contributed by atoms with Crippen molar-refractivity contribution in [3.63, 3.8) is 0 Å². The predicted octanol–water partition coefficient (Wildman–Crippen LogP) is 13.8. The fraction of sp³-hybridized carbons (Fsp3) is 0.182. The van der Waals surface area contributed by atoms with Gasteiger partial charge >= 0.3 is 0 Å². The zero-order chi connectivity index (χ0) is 49.1. The normalized spacial score (nSPS) is 18.0. The van der Waals surface area contributed by atoms with Gasteiger partial charge in [-0.2, -0.15) is 0 Å². The molecular weight excluding hydrogens is 893 g/mol. The molecule has 0 unspecified atom stereocenters. The first-order valence-corrected chi connectivity index (χ1v) is 25.8. The van der Waals surface area contributed by atoms with Crippen LogP contribution in [-0.2, 0) is 21.3 Å². The van der Waals surface area contributed by atoms with E-state index in [1.807, 2.05) is 28.9 Å². The molecule has 0 aliphatic heterocycles. The zero-order valence-corrected chi connectivity index (χ0v) is 40.9. The molecule has 73 heavy (non-hydrogen) atoms. The molecule has 3 aliphatic rings. The summed E-state index contributed by atoms with van der Waals surface area (Å²) in [6.07, 6.45) is 6.32. The molecule has 0 saturated heterocycles. The van der Waals surface area contributed by atoms with Gasteiger partial charge < -0.3 is 10.6 Å². The molecule has 2 aromatic heterocycles. The number of carbonyl (C=O) groups excluding carboxylic acids is 1. The molecule has 13 rings (SSSR count). The SMILES string of the molecule is O=C(C[C@H](c1ccccc1)c1cc(NC(c2ccccc2)(c2ccccc2)c2ccccc2)nc2c1nnn2C(c1ccccc1)(c1ccccc1)c1ccccc1)NC12CCC(c3ccccc3)(CC1)CC2. The number of nitrogens with one attached hydrogen (secondary N) is 2. The Morgan fingerprint density at radius 2 is 0.904 bits per heavy atom. The van der Waals surface area contributed by atoms with Crippen molar-refractivity contribution in [1.82, 2.24) is 25.3 Å². The van der Waals surface area contributed by atoms with Crippen LogP contribution >= 0.6 is 0 Å². The maximum Gasteiger partial charge on any atom is 0.221 e. The van der Waals surface area contributed by atoms with Crippen molar-refractivity contribution in [2.24, 2.45) is 0 Å². The third kappa shape index (κ3) is 8.19. The molecule has 2 bridgehead atoms. The van der Waals surface area contributed by atoms with E-state index in [1.54, 1.807) is 0 Å². The number of carbonyl (C=O) groups is 1. The summed E-state index contributed by atoms with van der Waals surface area (Å²) in [6, 6.07) is 87.1. The maximum atomic E-state index is 15.1. The number of aromatic nitrogens is 4. The van der Waals surface area contributed by atoms with Gasteiger partial charge in [0, 0.05) is 17.9 Å². The van der Waals surface area contributed by atoms with Gasteiger partial charge in [0.25, 0.3) is 0 Å². The molecule has 0 radical (unpaired) electrons. The van der Waals surface area contributed by atoms with Crippen molar-refractivity contribution in [3.8, 4) is 0 Å². The zero-order valence-electron chi connectivity index (χ0n) is 40.9. The molecule has 3 aliphatic carbocycles. The standard InChI is InChI=1S/C66H58N6O/c73-60(69-64-44-41-63(42-45-64,43-46-64)50-27-11-2-12-28-50)48-57(49-25-9-1-10-26-49)58-47-59(68-65(51-29-13-3-14-30-51,52-31-15-4-16-32-52)53-33-17-5-18-34-53)67-62-61(58)70-71-72(62)66(54-35-19-6-20-36-54,55-37-21-7-22-38-55)56-39-23-8-24-40-56/h1-40,47,57H,41-46,48H2,(H,67,68)(H,69,73)/t57-,63?,64?/m1/s1. The highest BCUT2D eigenvalue weighted by molar-refractivity contribution is 5.84. The monoisotopic (exact) mass is 950 g/mol. The van der Waals surface area contributed by atoms with Crippen molar-refractivity contribution in [3.05, 3.63) is 299 Å². The van der Waals surface area contributed by atoms with E-state index in [2.05, 4.69) is 235 Å². The maximum absolute atomic E-state index is 15.1. The topological polar surface area (TPSA) is 84.7 Å². The second kappa shape index (κ2) is 19.3. The minimum atomic E-state index is -1.02. The Morgan fingerprint density at radius 3 is 1.34 bits per heavy atom. The lowest BCUT2D eigenvalue weighted by molar-refractivity contribution is -0.124. The van der Waals surface area contributed by atoms with Crippen LogP contribution in [0.4, 0.5) is 5.82 Å².